The van der Waals surface area contributed by atoms with Crippen molar-refractivity contribution in [3.8, 4) is 0 Å². The molecule has 5 nitrogen and oxygen atoms in total. The summed E-state index contributed by atoms with van der Waals surface area (Å²) in [7, 11) is 0. The maximum absolute atomic E-state index is 4.90. The molecule has 0 aromatic carbocycles. The normalized spacial score (nSPS) is 34.5. The number of hydrogen-bond acceptors (Lipinski definition) is 5. The van der Waals surface area contributed by atoms with Crippen molar-refractivity contribution in [2.45, 2.75) is 75.5 Å². The summed E-state index contributed by atoms with van der Waals surface area (Å²) in [5, 5.41) is 7.21. The molecule has 5 heteroatoms. The minimum atomic E-state index is 0.448. The molecule has 2 saturated carbocycles. The predicted octanol–water partition coefficient (Wildman–Crippen LogP) is 2.40. The van der Waals surface area contributed by atoms with Crippen molar-refractivity contribution in [1.29, 1.82) is 0 Å². The number of fused-ring (bicyclic) bond motifs is 2. The zero-order valence-electron chi connectivity index (χ0n) is 14.0. The van der Waals surface area contributed by atoms with Crippen LogP contribution in [0.4, 0.5) is 0 Å². The van der Waals surface area contributed by atoms with Crippen molar-refractivity contribution in [3.05, 3.63) is 29.6 Å². The van der Waals surface area contributed by atoms with Crippen molar-refractivity contribution in [1.82, 2.24) is 15.6 Å². The number of aliphatic imine (C=N–C) groups is 2. The van der Waals surface area contributed by atoms with E-state index in [4.69, 9.17) is 15.0 Å². The van der Waals surface area contributed by atoms with E-state index in [0.717, 1.165) is 23.1 Å². The monoisotopic (exact) mass is 323 g/mol. The molecule has 0 bridgehead atoms. The summed E-state index contributed by atoms with van der Waals surface area (Å²) in [4.78, 5) is 14.7. The Morgan fingerprint density at radius 2 is 1.21 bits per heavy atom. The van der Waals surface area contributed by atoms with Crippen LogP contribution in [0.15, 0.2) is 28.2 Å². The van der Waals surface area contributed by atoms with Gasteiger partial charge in [-0.15, -0.1) is 0 Å². The van der Waals surface area contributed by atoms with Gasteiger partial charge in [0.2, 0.25) is 0 Å². The average molecular weight is 323 g/mol. The van der Waals surface area contributed by atoms with E-state index in [9.17, 15) is 0 Å². The summed E-state index contributed by atoms with van der Waals surface area (Å²) in [6, 6.07) is 8.14. The summed E-state index contributed by atoms with van der Waals surface area (Å²) >= 11 is 0. The highest BCUT2D eigenvalue weighted by Gasteiger charge is 2.33. The number of pyridine rings is 1. The maximum atomic E-state index is 4.90. The molecule has 2 aliphatic carbocycles. The van der Waals surface area contributed by atoms with Gasteiger partial charge in [-0.1, -0.05) is 31.7 Å². The Kier molecular flexibility index (Phi) is 3.53. The molecule has 1 aromatic rings. The Balaban J connectivity index is 1.39. The molecule has 2 aliphatic heterocycles. The van der Waals surface area contributed by atoms with Crippen LogP contribution >= 0.6 is 0 Å². The standard InChI is InChI=1S/C19H25N5/c1-2-7-13-12(6-1)21-18(22-13)16-10-5-11-17(20-16)19-23-14-8-3-4-9-15(14)24-19/h5,10-15H,1-4,6-9H2,(H,21,22)(H,23,24)/t12-,13-,14-,15-/m1/s1. The van der Waals surface area contributed by atoms with Crippen LogP contribution in [-0.4, -0.2) is 40.8 Å². The number of nitrogens with zero attached hydrogens (tertiary/aromatic N) is 3. The largest absolute Gasteiger partial charge is 0.364 e. The van der Waals surface area contributed by atoms with Crippen molar-refractivity contribution >= 4 is 11.7 Å². The lowest BCUT2D eigenvalue weighted by Crippen LogP contribution is -2.38. The van der Waals surface area contributed by atoms with Gasteiger partial charge in [0.1, 0.15) is 23.1 Å². The molecule has 5 rings (SSSR count). The predicted molar refractivity (Wildman–Crippen MR) is 95.7 cm³/mol. The fourth-order valence-corrected chi connectivity index (χ4v) is 4.60. The second-order valence-corrected chi connectivity index (χ2v) is 7.57. The highest BCUT2D eigenvalue weighted by atomic mass is 15.2. The highest BCUT2D eigenvalue weighted by Crippen LogP contribution is 2.27. The number of amidine groups is 2. The first-order chi connectivity index (χ1) is 11.9. The molecule has 0 amide bonds. The second-order valence-electron chi connectivity index (χ2n) is 7.57. The molecule has 4 aliphatic rings. The molecular formula is C19H25N5. The SMILES string of the molecule is c1cc(C2=N[C@@H]3CCCC[C@H]3N2)nc(C2=N[C@@H]3CCCC[C@H]3N2)c1. The molecule has 0 saturated heterocycles. The molecule has 3 heterocycles. The van der Waals surface area contributed by atoms with E-state index in [2.05, 4.69) is 28.8 Å². The Labute approximate surface area is 143 Å². The first kappa shape index (κ1) is 14.4. The van der Waals surface area contributed by atoms with Crippen molar-refractivity contribution in [3.63, 3.8) is 0 Å². The van der Waals surface area contributed by atoms with Gasteiger partial charge in [0.15, 0.2) is 0 Å². The van der Waals surface area contributed by atoms with Crippen molar-refractivity contribution in [2.24, 2.45) is 9.98 Å². The van der Waals surface area contributed by atoms with E-state index >= 15 is 0 Å². The van der Waals surface area contributed by atoms with Crippen LogP contribution in [0.1, 0.15) is 62.8 Å². The average Bonchev–Trinajstić information content (AvgIpc) is 3.26. The third kappa shape index (κ3) is 2.50. The lowest BCUT2D eigenvalue weighted by Gasteiger charge is -2.23. The first-order valence-electron chi connectivity index (χ1n) is 9.53. The van der Waals surface area contributed by atoms with Crippen LogP contribution in [0.2, 0.25) is 0 Å². The smallest absolute Gasteiger partial charge is 0.147 e. The van der Waals surface area contributed by atoms with E-state index in [1.807, 2.05) is 0 Å². The summed E-state index contributed by atoms with van der Waals surface area (Å²) in [5.41, 5.74) is 1.92. The number of rotatable bonds is 2. The molecule has 2 fully saturated rings. The lowest BCUT2D eigenvalue weighted by atomic mass is 9.92. The number of nitrogens with one attached hydrogen (secondary N) is 2. The minimum Gasteiger partial charge on any atom is -0.364 e. The number of aromatic nitrogens is 1. The zero-order chi connectivity index (χ0) is 15.9. The van der Waals surface area contributed by atoms with Gasteiger partial charge in [-0.3, -0.25) is 9.98 Å². The van der Waals surface area contributed by atoms with Crippen molar-refractivity contribution in [2.75, 3.05) is 0 Å². The quantitative estimate of drug-likeness (QED) is 0.878. The molecule has 126 valence electrons. The third-order valence-corrected chi connectivity index (χ3v) is 5.93. The molecule has 2 N–H and O–H groups in total. The van der Waals surface area contributed by atoms with E-state index in [-0.39, 0.29) is 0 Å². The summed E-state index contributed by atoms with van der Waals surface area (Å²) in [6.07, 6.45) is 10.1. The summed E-state index contributed by atoms with van der Waals surface area (Å²) < 4.78 is 0. The van der Waals surface area contributed by atoms with Gasteiger partial charge in [0.25, 0.3) is 0 Å². The van der Waals surface area contributed by atoms with Gasteiger partial charge >= 0.3 is 0 Å². The van der Waals surface area contributed by atoms with Crippen LogP contribution in [0.25, 0.3) is 0 Å². The van der Waals surface area contributed by atoms with Crippen LogP contribution in [-0.2, 0) is 0 Å². The van der Waals surface area contributed by atoms with Crippen LogP contribution in [0.3, 0.4) is 0 Å². The molecule has 4 atom stereocenters. The van der Waals surface area contributed by atoms with Gasteiger partial charge in [-0.05, 0) is 37.8 Å². The zero-order valence-corrected chi connectivity index (χ0v) is 14.0. The Morgan fingerprint density at radius 3 is 1.71 bits per heavy atom. The first-order valence-corrected chi connectivity index (χ1v) is 9.53. The van der Waals surface area contributed by atoms with Crippen LogP contribution in [0.5, 0.6) is 0 Å². The molecular weight excluding hydrogens is 298 g/mol. The van der Waals surface area contributed by atoms with Crippen LogP contribution < -0.4 is 10.6 Å². The molecule has 1 aromatic heterocycles. The Bertz CT molecular complexity index is 640. The molecule has 24 heavy (non-hydrogen) atoms. The minimum absolute atomic E-state index is 0.448. The van der Waals surface area contributed by atoms with Gasteiger partial charge in [-0.25, -0.2) is 4.98 Å². The second kappa shape index (κ2) is 5.87. The number of hydrogen-bond donors (Lipinski definition) is 2. The Morgan fingerprint density at radius 1 is 0.708 bits per heavy atom. The lowest BCUT2D eigenvalue weighted by molar-refractivity contribution is 0.384. The van der Waals surface area contributed by atoms with E-state index in [0.29, 0.717) is 24.2 Å². The van der Waals surface area contributed by atoms with Gasteiger partial charge in [0.05, 0.1) is 24.2 Å². The fraction of sp³-hybridized carbons (Fsp3) is 0.632. The molecule has 0 radical (unpaired) electrons. The summed E-state index contributed by atoms with van der Waals surface area (Å²) in [5.74, 6) is 1.95. The summed E-state index contributed by atoms with van der Waals surface area (Å²) in [6.45, 7) is 0. The van der Waals surface area contributed by atoms with Gasteiger partial charge in [-0.2, -0.15) is 0 Å². The topological polar surface area (TPSA) is 61.7 Å². The van der Waals surface area contributed by atoms with E-state index in [1.165, 1.54) is 51.4 Å². The van der Waals surface area contributed by atoms with Crippen molar-refractivity contribution < 1.29 is 0 Å². The maximum Gasteiger partial charge on any atom is 0.147 e. The van der Waals surface area contributed by atoms with Gasteiger partial charge < -0.3 is 10.6 Å². The Hall–Kier alpha value is -1.91. The molecule has 0 unspecified atom stereocenters. The third-order valence-electron chi connectivity index (χ3n) is 5.93. The van der Waals surface area contributed by atoms with E-state index < -0.39 is 0 Å². The fourth-order valence-electron chi connectivity index (χ4n) is 4.60. The van der Waals surface area contributed by atoms with E-state index in [1.54, 1.807) is 0 Å². The van der Waals surface area contributed by atoms with Crippen LogP contribution in [0, 0.1) is 0 Å². The highest BCUT2D eigenvalue weighted by molar-refractivity contribution is 6.02. The van der Waals surface area contributed by atoms with Gasteiger partial charge in [0, 0.05) is 0 Å². The molecule has 0 spiro atoms.